The number of aliphatic hydroxyl groups is 1. The SMILES string of the molecule is CCOc1ccc(CCCC(=O)N2CCOC[C@H]2CO)cc1C. The molecule has 1 aromatic carbocycles. The number of hydrogen-bond acceptors (Lipinski definition) is 4. The second kappa shape index (κ2) is 8.89. The number of nitrogens with zero attached hydrogens (tertiary/aromatic N) is 1. The Morgan fingerprint density at radius 1 is 1.48 bits per heavy atom. The molecule has 1 atom stereocenters. The fraction of sp³-hybridized carbons (Fsp3) is 0.611. The van der Waals surface area contributed by atoms with Gasteiger partial charge in [-0.3, -0.25) is 4.79 Å². The molecule has 0 radical (unpaired) electrons. The summed E-state index contributed by atoms with van der Waals surface area (Å²) in [5, 5.41) is 9.33. The number of ether oxygens (including phenoxy) is 2. The predicted octanol–water partition coefficient (Wildman–Crippen LogP) is 1.94. The summed E-state index contributed by atoms with van der Waals surface area (Å²) in [5.41, 5.74) is 2.35. The van der Waals surface area contributed by atoms with Gasteiger partial charge in [-0.2, -0.15) is 0 Å². The van der Waals surface area contributed by atoms with Crippen LogP contribution in [-0.4, -0.2) is 54.9 Å². The molecule has 0 aromatic heterocycles. The van der Waals surface area contributed by atoms with E-state index in [0.29, 0.717) is 32.8 Å². The molecule has 0 unspecified atom stereocenters. The number of aliphatic hydroxyl groups excluding tert-OH is 1. The van der Waals surface area contributed by atoms with Crippen molar-refractivity contribution in [3.63, 3.8) is 0 Å². The van der Waals surface area contributed by atoms with E-state index < -0.39 is 0 Å². The molecule has 23 heavy (non-hydrogen) atoms. The highest BCUT2D eigenvalue weighted by molar-refractivity contribution is 5.76. The fourth-order valence-corrected chi connectivity index (χ4v) is 2.91. The van der Waals surface area contributed by atoms with E-state index in [4.69, 9.17) is 9.47 Å². The largest absolute Gasteiger partial charge is 0.494 e. The molecule has 0 aliphatic carbocycles. The van der Waals surface area contributed by atoms with Crippen LogP contribution in [0.5, 0.6) is 5.75 Å². The van der Waals surface area contributed by atoms with Gasteiger partial charge >= 0.3 is 0 Å². The summed E-state index contributed by atoms with van der Waals surface area (Å²) in [5.74, 6) is 1.03. The third-order valence-electron chi connectivity index (χ3n) is 4.15. The average molecular weight is 321 g/mol. The molecule has 5 heteroatoms. The van der Waals surface area contributed by atoms with E-state index in [2.05, 4.69) is 12.1 Å². The van der Waals surface area contributed by atoms with Gasteiger partial charge in [-0.1, -0.05) is 12.1 Å². The Hall–Kier alpha value is -1.59. The molecule has 1 fully saturated rings. The Bertz CT molecular complexity index is 518. The van der Waals surface area contributed by atoms with Gasteiger partial charge in [0.25, 0.3) is 0 Å². The maximum absolute atomic E-state index is 12.3. The normalized spacial score (nSPS) is 18.0. The summed E-state index contributed by atoms with van der Waals surface area (Å²) >= 11 is 0. The van der Waals surface area contributed by atoms with Crippen molar-refractivity contribution >= 4 is 5.91 Å². The lowest BCUT2D eigenvalue weighted by Gasteiger charge is -2.34. The third kappa shape index (κ3) is 4.94. The van der Waals surface area contributed by atoms with E-state index in [-0.39, 0.29) is 18.6 Å². The summed E-state index contributed by atoms with van der Waals surface area (Å²) in [4.78, 5) is 14.1. The van der Waals surface area contributed by atoms with Crippen molar-refractivity contribution in [1.29, 1.82) is 0 Å². The Balaban J connectivity index is 1.82. The molecule has 0 bridgehead atoms. The van der Waals surface area contributed by atoms with Gasteiger partial charge < -0.3 is 19.5 Å². The highest BCUT2D eigenvalue weighted by Gasteiger charge is 2.26. The zero-order valence-corrected chi connectivity index (χ0v) is 14.1. The maximum Gasteiger partial charge on any atom is 0.223 e. The number of carbonyl (C=O) groups is 1. The number of aryl methyl sites for hydroxylation is 2. The van der Waals surface area contributed by atoms with E-state index in [0.717, 1.165) is 24.2 Å². The molecular weight excluding hydrogens is 294 g/mol. The van der Waals surface area contributed by atoms with Crippen molar-refractivity contribution in [2.45, 2.75) is 39.2 Å². The molecule has 2 rings (SSSR count). The summed E-state index contributed by atoms with van der Waals surface area (Å²) < 4.78 is 10.8. The van der Waals surface area contributed by atoms with Crippen molar-refractivity contribution in [2.24, 2.45) is 0 Å². The van der Waals surface area contributed by atoms with E-state index in [1.165, 1.54) is 5.56 Å². The average Bonchev–Trinajstić information content (AvgIpc) is 2.57. The smallest absolute Gasteiger partial charge is 0.223 e. The van der Waals surface area contributed by atoms with Crippen LogP contribution in [-0.2, 0) is 16.0 Å². The minimum absolute atomic E-state index is 0.0379. The van der Waals surface area contributed by atoms with E-state index in [1.54, 1.807) is 4.90 Å². The van der Waals surface area contributed by atoms with E-state index >= 15 is 0 Å². The zero-order valence-electron chi connectivity index (χ0n) is 14.1. The number of rotatable bonds is 7. The Morgan fingerprint density at radius 2 is 2.30 bits per heavy atom. The highest BCUT2D eigenvalue weighted by Crippen LogP contribution is 2.20. The highest BCUT2D eigenvalue weighted by atomic mass is 16.5. The molecule has 0 saturated carbocycles. The van der Waals surface area contributed by atoms with Crippen molar-refractivity contribution in [1.82, 2.24) is 4.90 Å². The van der Waals surface area contributed by atoms with Gasteiger partial charge in [0.05, 0.1) is 32.5 Å². The summed E-state index contributed by atoms with van der Waals surface area (Å²) in [7, 11) is 0. The van der Waals surface area contributed by atoms with E-state index in [1.807, 2.05) is 19.9 Å². The summed E-state index contributed by atoms with van der Waals surface area (Å²) in [6.45, 7) is 6.21. The van der Waals surface area contributed by atoms with Crippen LogP contribution in [0, 0.1) is 6.92 Å². The summed E-state index contributed by atoms with van der Waals surface area (Å²) in [6, 6.07) is 6.00. The summed E-state index contributed by atoms with van der Waals surface area (Å²) in [6.07, 6.45) is 2.18. The predicted molar refractivity (Wildman–Crippen MR) is 88.7 cm³/mol. The van der Waals surface area contributed by atoms with Gasteiger partial charge in [0, 0.05) is 13.0 Å². The van der Waals surface area contributed by atoms with Gasteiger partial charge in [-0.05, 0) is 43.9 Å². The molecule has 1 aromatic rings. The van der Waals surface area contributed by atoms with Crippen molar-refractivity contribution in [2.75, 3.05) is 33.0 Å². The first-order valence-corrected chi connectivity index (χ1v) is 8.36. The van der Waals surface area contributed by atoms with Crippen LogP contribution >= 0.6 is 0 Å². The first-order valence-electron chi connectivity index (χ1n) is 8.36. The van der Waals surface area contributed by atoms with Crippen molar-refractivity contribution < 1.29 is 19.4 Å². The molecule has 1 heterocycles. The molecule has 1 amide bonds. The van der Waals surface area contributed by atoms with Crippen molar-refractivity contribution in [3.05, 3.63) is 29.3 Å². The number of hydrogen-bond donors (Lipinski definition) is 1. The lowest BCUT2D eigenvalue weighted by molar-refractivity contribution is -0.141. The number of amides is 1. The van der Waals surface area contributed by atoms with E-state index in [9.17, 15) is 9.90 Å². The maximum atomic E-state index is 12.3. The molecular formula is C18H27NO4. The molecule has 1 N–H and O–H groups in total. The Morgan fingerprint density at radius 3 is 3.00 bits per heavy atom. The van der Waals surface area contributed by atoms with Crippen LogP contribution < -0.4 is 4.74 Å². The third-order valence-corrected chi connectivity index (χ3v) is 4.15. The van der Waals surface area contributed by atoms with Gasteiger partial charge in [-0.25, -0.2) is 0 Å². The minimum Gasteiger partial charge on any atom is -0.494 e. The molecule has 128 valence electrons. The lowest BCUT2D eigenvalue weighted by Crippen LogP contribution is -2.50. The topological polar surface area (TPSA) is 59.0 Å². The second-order valence-corrected chi connectivity index (χ2v) is 5.88. The quantitative estimate of drug-likeness (QED) is 0.834. The van der Waals surface area contributed by atoms with Gasteiger partial charge in [0.1, 0.15) is 5.75 Å². The molecule has 0 spiro atoms. The van der Waals surface area contributed by atoms with Crippen LogP contribution in [0.15, 0.2) is 18.2 Å². The lowest BCUT2D eigenvalue weighted by atomic mass is 10.0. The van der Waals surface area contributed by atoms with Gasteiger partial charge in [0.2, 0.25) is 5.91 Å². The molecule has 1 aliphatic rings. The standard InChI is InChI=1S/C18H27NO4/c1-3-23-17-8-7-15(11-14(17)2)5-4-6-18(21)19-9-10-22-13-16(19)12-20/h7-8,11,16,20H,3-6,9-10,12-13H2,1-2H3/t16-/m1/s1. The minimum atomic E-state index is -0.191. The number of morpholine rings is 1. The van der Waals surface area contributed by atoms with Crippen LogP contribution in [0.25, 0.3) is 0 Å². The molecule has 1 saturated heterocycles. The Kier molecular flexibility index (Phi) is 6.86. The molecule has 5 nitrogen and oxygen atoms in total. The van der Waals surface area contributed by atoms with Crippen LogP contribution in [0.1, 0.15) is 30.9 Å². The van der Waals surface area contributed by atoms with Crippen molar-refractivity contribution in [3.8, 4) is 5.75 Å². The number of benzene rings is 1. The zero-order chi connectivity index (χ0) is 16.7. The molecule has 1 aliphatic heterocycles. The first-order chi connectivity index (χ1) is 11.2. The van der Waals surface area contributed by atoms with Crippen LogP contribution in [0.3, 0.4) is 0 Å². The van der Waals surface area contributed by atoms with Crippen LogP contribution in [0.4, 0.5) is 0 Å². The fourth-order valence-electron chi connectivity index (χ4n) is 2.91. The number of carbonyl (C=O) groups excluding carboxylic acids is 1. The second-order valence-electron chi connectivity index (χ2n) is 5.88. The Labute approximate surface area is 138 Å². The van der Waals surface area contributed by atoms with Gasteiger partial charge in [0.15, 0.2) is 0 Å². The van der Waals surface area contributed by atoms with Crippen LogP contribution in [0.2, 0.25) is 0 Å². The van der Waals surface area contributed by atoms with Gasteiger partial charge in [-0.15, -0.1) is 0 Å². The first kappa shape index (κ1) is 17.8. The monoisotopic (exact) mass is 321 g/mol.